The number of rotatable bonds is 4. The van der Waals surface area contributed by atoms with Gasteiger partial charge < -0.3 is 9.84 Å². The molecule has 10 heteroatoms. The van der Waals surface area contributed by atoms with Gasteiger partial charge in [0, 0.05) is 5.92 Å². The van der Waals surface area contributed by atoms with E-state index in [9.17, 15) is 18.3 Å². The molecule has 0 saturated carbocycles. The van der Waals surface area contributed by atoms with Gasteiger partial charge in [0.25, 0.3) is 10.0 Å². The third kappa shape index (κ3) is 3.24. The first-order chi connectivity index (χ1) is 16.3. The first kappa shape index (κ1) is 22.3. The fourth-order valence-corrected chi connectivity index (χ4v) is 7.29. The van der Waals surface area contributed by atoms with Crippen LogP contribution in [0, 0.1) is 13.8 Å². The van der Waals surface area contributed by atoms with E-state index in [1.54, 1.807) is 56.3 Å². The number of carboxylic acids is 1. The van der Waals surface area contributed by atoms with Crippen LogP contribution in [0.1, 0.15) is 28.2 Å². The van der Waals surface area contributed by atoms with Crippen LogP contribution >= 0.6 is 11.7 Å². The second-order valence-corrected chi connectivity index (χ2v) is 10.5. The number of aliphatic carboxylic acids is 1. The zero-order valence-electron chi connectivity index (χ0n) is 18.6. The van der Waals surface area contributed by atoms with Gasteiger partial charge in [0.15, 0.2) is 6.04 Å². The Balaban J connectivity index is 1.87. The average molecular weight is 496 g/mol. The third-order valence-corrected chi connectivity index (χ3v) is 8.60. The zero-order valence-corrected chi connectivity index (χ0v) is 20.2. The molecule has 0 bridgehead atoms. The van der Waals surface area contributed by atoms with Crippen molar-refractivity contribution in [3.05, 3.63) is 76.9 Å². The summed E-state index contributed by atoms with van der Waals surface area (Å²) in [6.45, 7) is 3.56. The standard InChI is InChI=1S/C24H21N3O5S2/c1-13-7-6-8-14(2)22(13)27-23(24(28)29)20(16-9-4-5-10-19(16)34(27,30)31)15-11-17-21(26-33-25-17)18(12-15)32-3/h4-12,20,23H,1-3H3,(H,28,29). The van der Waals surface area contributed by atoms with E-state index < -0.39 is 28.0 Å². The molecule has 2 atom stereocenters. The highest BCUT2D eigenvalue weighted by molar-refractivity contribution is 7.93. The van der Waals surface area contributed by atoms with Gasteiger partial charge in [-0.1, -0.05) is 36.4 Å². The Hall–Kier alpha value is -3.50. The van der Waals surface area contributed by atoms with Crippen molar-refractivity contribution in [2.75, 3.05) is 11.4 Å². The molecule has 2 heterocycles. The van der Waals surface area contributed by atoms with E-state index in [2.05, 4.69) is 8.75 Å². The molecule has 0 aliphatic carbocycles. The molecule has 0 spiro atoms. The van der Waals surface area contributed by atoms with Gasteiger partial charge in [0.1, 0.15) is 16.8 Å². The lowest BCUT2D eigenvalue weighted by atomic mass is 9.83. The Bertz CT molecular complexity index is 1530. The monoisotopic (exact) mass is 495 g/mol. The first-order valence-electron chi connectivity index (χ1n) is 10.5. The Morgan fingerprint density at radius 2 is 1.76 bits per heavy atom. The number of anilines is 1. The molecule has 0 radical (unpaired) electrons. The number of carboxylic acid groups (broad SMARTS) is 1. The highest BCUT2D eigenvalue weighted by Gasteiger charge is 2.49. The summed E-state index contributed by atoms with van der Waals surface area (Å²) in [6, 6.07) is 14.0. The van der Waals surface area contributed by atoms with Crippen LogP contribution in [0.4, 0.5) is 5.69 Å². The molecule has 8 nitrogen and oxygen atoms in total. The molecule has 0 saturated heterocycles. The zero-order chi connectivity index (χ0) is 24.2. The first-order valence-corrected chi connectivity index (χ1v) is 12.7. The molecule has 5 rings (SSSR count). The number of fused-ring (bicyclic) bond motifs is 2. The van der Waals surface area contributed by atoms with E-state index >= 15 is 0 Å². The van der Waals surface area contributed by atoms with E-state index in [0.29, 0.717) is 44.7 Å². The summed E-state index contributed by atoms with van der Waals surface area (Å²) in [7, 11) is -2.66. The van der Waals surface area contributed by atoms with Crippen LogP contribution in [0.15, 0.2) is 59.5 Å². The lowest BCUT2D eigenvalue weighted by Gasteiger charge is -2.41. The maximum absolute atomic E-state index is 13.9. The van der Waals surface area contributed by atoms with Crippen molar-refractivity contribution in [1.29, 1.82) is 0 Å². The van der Waals surface area contributed by atoms with E-state index in [1.165, 1.54) is 13.2 Å². The van der Waals surface area contributed by atoms with Crippen LogP contribution in [-0.4, -0.2) is 41.4 Å². The average Bonchev–Trinajstić information content (AvgIpc) is 3.28. The number of nitrogens with zero attached hydrogens (tertiary/aromatic N) is 3. The minimum absolute atomic E-state index is 0.0793. The van der Waals surface area contributed by atoms with Crippen LogP contribution in [0.2, 0.25) is 0 Å². The van der Waals surface area contributed by atoms with Gasteiger partial charge in [-0.05, 0) is 54.3 Å². The molecular weight excluding hydrogens is 474 g/mol. The number of carbonyl (C=O) groups is 1. The summed E-state index contributed by atoms with van der Waals surface area (Å²) in [5.74, 6) is -1.60. The third-order valence-electron chi connectivity index (χ3n) is 6.20. The summed E-state index contributed by atoms with van der Waals surface area (Å²) in [5.41, 5.74) is 3.86. The minimum Gasteiger partial charge on any atom is -0.494 e. The lowest BCUT2D eigenvalue weighted by Crippen LogP contribution is -2.53. The second-order valence-electron chi connectivity index (χ2n) is 8.19. The fourth-order valence-electron chi connectivity index (χ4n) is 4.77. The second kappa shape index (κ2) is 8.07. The van der Waals surface area contributed by atoms with Gasteiger partial charge in [0.2, 0.25) is 0 Å². The molecular formula is C24H21N3O5S2. The van der Waals surface area contributed by atoms with Crippen molar-refractivity contribution in [3.63, 3.8) is 0 Å². The Labute approximate surface area is 200 Å². The maximum atomic E-state index is 13.9. The summed E-state index contributed by atoms with van der Waals surface area (Å²) < 4.78 is 43.0. The summed E-state index contributed by atoms with van der Waals surface area (Å²) in [6.07, 6.45) is 0. The number of hydrogen-bond acceptors (Lipinski definition) is 7. The highest BCUT2D eigenvalue weighted by atomic mass is 32.2. The SMILES string of the molecule is COc1cc(C2c3ccccc3S(=O)(=O)N(c3c(C)cccc3C)C2C(=O)O)cc2nsnc12. The molecule has 0 amide bonds. The molecule has 1 aliphatic heterocycles. The van der Waals surface area contributed by atoms with Crippen molar-refractivity contribution in [1.82, 2.24) is 8.75 Å². The van der Waals surface area contributed by atoms with E-state index in [1.807, 2.05) is 6.07 Å². The Morgan fingerprint density at radius 1 is 1.06 bits per heavy atom. The molecule has 2 unspecified atom stereocenters. The summed E-state index contributed by atoms with van der Waals surface area (Å²) in [4.78, 5) is 12.9. The van der Waals surface area contributed by atoms with Crippen LogP contribution in [0.5, 0.6) is 5.75 Å². The van der Waals surface area contributed by atoms with Crippen LogP contribution < -0.4 is 9.04 Å². The van der Waals surface area contributed by atoms with Crippen molar-refractivity contribution >= 4 is 44.4 Å². The Morgan fingerprint density at radius 3 is 2.44 bits per heavy atom. The molecule has 1 aliphatic rings. The quantitative estimate of drug-likeness (QED) is 0.454. The normalized spacial score (nSPS) is 19.1. The van der Waals surface area contributed by atoms with Gasteiger partial charge in [-0.25, -0.2) is 13.2 Å². The number of sulfonamides is 1. The molecule has 0 fully saturated rings. The van der Waals surface area contributed by atoms with Crippen LogP contribution in [-0.2, 0) is 14.8 Å². The van der Waals surface area contributed by atoms with Gasteiger partial charge in [-0.3, -0.25) is 4.31 Å². The highest BCUT2D eigenvalue weighted by Crippen LogP contribution is 2.46. The molecule has 3 aromatic carbocycles. The van der Waals surface area contributed by atoms with Gasteiger partial charge in [-0.2, -0.15) is 8.75 Å². The van der Waals surface area contributed by atoms with E-state index in [4.69, 9.17) is 4.74 Å². The number of para-hydroxylation sites is 1. The van der Waals surface area contributed by atoms with Gasteiger partial charge in [-0.15, -0.1) is 0 Å². The summed E-state index contributed by atoms with van der Waals surface area (Å²) in [5, 5.41) is 10.5. The molecule has 4 aromatic rings. The minimum atomic E-state index is -4.17. The number of ether oxygens (including phenoxy) is 1. The predicted molar refractivity (Wildman–Crippen MR) is 129 cm³/mol. The largest absolute Gasteiger partial charge is 0.494 e. The van der Waals surface area contributed by atoms with E-state index in [-0.39, 0.29) is 4.90 Å². The van der Waals surface area contributed by atoms with E-state index in [0.717, 1.165) is 16.0 Å². The topological polar surface area (TPSA) is 110 Å². The number of benzene rings is 3. The fraction of sp³-hybridized carbons (Fsp3) is 0.208. The number of aryl methyl sites for hydroxylation is 2. The maximum Gasteiger partial charge on any atom is 0.328 e. The van der Waals surface area contributed by atoms with Crippen LogP contribution in [0.3, 0.4) is 0 Å². The van der Waals surface area contributed by atoms with Crippen molar-refractivity contribution < 1.29 is 23.1 Å². The van der Waals surface area contributed by atoms with Gasteiger partial charge >= 0.3 is 5.97 Å². The molecule has 174 valence electrons. The number of aromatic nitrogens is 2. The number of hydrogen-bond donors (Lipinski definition) is 1. The van der Waals surface area contributed by atoms with Crippen molar-refractivity contribution in [3.8, 4) is 5.75 Å². The smallest absolute Gasteiger partial charge is 0.328 e. The van der Waals surface area contributed by atoms with Gasteiger partial charge in [0.05, 0.1) is 29.4 Å². The molecule has 34 heavy (non-hydrogen) atoms. The number of methoxy groups -OCH3 is 1. The summed E-state index contributed by atoms with van der Waals surface area (Å²) >= 11 is 1.03. The van der Waals surface area contributed by atoms with Crippen LogP contribution in [0.25, 0.3) is 11.0 Å². The molecule has 1 N–H and O–H groups in total. The van der Waals surface area contributed by atoms with Crippen molar-refractivity contribution in [2.45, 2.75) is 30.7 Å². The van der Waals surface area contributed by atoms with Crippen molar-refractivity contribution in [2.24, 2.45) is 0 Å². The lowest BCUT2D eigenvalue weighted by molar-refractivity contribution is -0.138. The molecule has 1 aromatic heterocycles. The Kier molecular flexibility index (Phi) is 5.29. The predicted octanol–water partition coefficient (Wildman–Crippen LogP) is 4.11.